The van der Waals surface area contributed by atoms with Gasteiger partial charge in [-0.1, -0.05) is 26.0 Å². The molecule has 0 saturated heterocycles. The summed E-state index contributed by atoms with van der Waals surface area (Å²) in [5, 5.41) is 0. The summed E-state index contributed by atoms with van der Waals surface area (Å²) in [6.45, 7) is 4.12. The van der Waals surface area contributed by atoms with Crippen molar-refractivity contribution in [1.82, 2.24) is 0 Å². The Morgan fingerprint density at radius 2 is 1.68 bits per heavy atom. The van der Waals surface area contributed by atoms with Crippen molar-refractivity contribution in [2.45, 2.75) is 20.3 Å². The van der Waals surface area contributed by atoms with E-state index in [0.29, 0.717) is 28.5 Å². The number of Topliss-reactive ketones (excluding diaryl/α,β-unsaturated/α-hetero) is 1. The molecule has 130 valence electrons. The summed E-state index contributed by atoms with van der Waals surface area (Å²) in [6, 6.07) is 12.2. The Labute approximate surface area is 146 Å². The highest BCUT2D eigenvalue weighted by Gasteiger charge is 2.17. The zero-order valence-corrected chi connectivity index (χ0v) is 14.3. The molecule has 0 saturated carbocycles. The second-order valence-corrected chi connectivity index (χ2v) is 6.36. The van der Waals surface area contributed by atoms with Gasteiger partial charge in [0.05, 0.1) is 5.56 Å². The standard InChI is InChI=1S/C20H20O5/c1-13(2)9-14-3-5-15(6-4-14)20(22)23-11-17(21)16-7-8-18-19(10-16)25-12-24-18/h3-8,10,13H,9,11-12H2,1-2H3. The van der Waals surface area contributed by atoms with E-state index in [0.717, 1.165) is 6.42 Å². The number of hydrogen-bond donors (Lipinski definition) is 0. The van der Waals surface area contributed by atoms with Crippen molar-refractivity contribution in [2.75, 3.05) is 13.4 Å². The summed E-state index contributed by atoms with van der Waals surface area (Å²) in [4.78, 5) is 24.3. The first-order valence-corrected chi connectivity index (χ1v) is 8.22. The molecule has 0 fully saturated rings. The number of benzene rings is 2. The molecule has 0 amide bonds. The molecule has 0 aliphatic carbocycles. The van der Waals surface area contributed by atoms with E-state index in [1.54, 1.807) is 30.3 Å². The zero-order chi connectivity index (χ0) is 17.8. The summed E-state index contributed by atoms with van der Waals surface area (Å²) >= 11 is 0. The van der Waals surface area contributed by atoms with Gasteiger partial charge >= 0.3 is 5.97 Å². The molecular weight excluding hydrogens is 320 g/mol. The molecule has 25 heavy (non-hydrogen) atoms. The highest BCUT2D eigenvalue weighted by atomic mass is 16.7. The minimum Gasteiger partial charge on any atom is -0.454 e. The average molecular weight is 340 g/mol. The molecule has 0 aromatic heterocycles. The van der Waals surface area contributed by atoms with Gasteiger partial charge in [0.15, 0.2) is 23.9 Å². The number of ketones is 1. The Balaban J connectivity index is 1.57. The zero-order valence-electron chi connectivity index (χ0n) is 14.3. The Kier molecular flexibility index (Phi) is 5.03. The number of fused-ring (bicyclic) bond motifs is 1. The van der Waals surface area contributed by atoms with E-state index in [1.807, 2.05) is 12.1 Å². The van der Waals surface area contributed by atoms with Crippen molar-refractivity contribution in [3.05, 3.63) is 59.2 Å². The van der Waals surface area contributed by atoms with Crippen molar-refractivity contribution >= 4 is 11.8 Å². The van der Waals surface area contributed by atoms with Crippen LogP contribution in [0, 0.1) is 5.92 Å². The topological polar surface area (TPSA) is 61.8 Å². The van der Waals surface area contributed by atoms with Crippen LogP contribution in [0.5, 0.6) is 11.5 Å². The summed E-state index contributed by atoms with van der Waals surface area (Å²) in [5.74, 6) is 0.887. The van der Waals surface area contributed by atoms with Crippen LogP contribution < -0.4 is 9.47 Å². The Morgan fingerprint density at radius 3 is 2.40 bits per heavy atom. The highest BCUT2D eigenvalue weighted by Crippen LogP contribution is 2.32. The third-order valence-corrected chi connectivity index (χ3v) is 3.86. The minimum atomic E-state index is -0.509. The molecule has 2 aromatic rings. The summed E-state index contributed by atoms with van der Waals surface area (Å²) in [5.41, 5.74) is 2.03. The van der Waals surface area contributed by atoms with Gasteiger partial charge < -0.3 is 14.2 Å². The molecule has 0 radical (unpaired) electrons. The molecule has 1 aliphatic rings. The predicted molar refractivity (Wildman–Crippen MR) is 92.2 cm³/mol. The number of esters is 1. The monoisotopic (exact) mass is 340 g/mol. The number of hydrogen-bond acceptors (Lipinski definition) is 5. The maximum absolute atomic E-state index is 12.2. The fraction of sp³-hybridized carbons (Fsp3) is 0.300. The van der Waals surface area contributed by atoms with Crippen LogP contribution in [0.25, 0.3) is 0 Å². The Morgan fingerprint density at radius 1 is 1.00 bits per heavy atom. The lowest BCUT2D eigenvalue weighted by molar-refractivity contribution is 0.0474. The quantitative estimate of drug-likeness (QED) is 0.593. The predicted octanol–water partition coefficient (Wildman–Crippen LogP) is 3.65. The van der Waals surface area contributed by atoms with Gasteiger partial charge in [-0.05, 0) is 48.2 Å². The molecule has 1 heterocycles. The first kappa shape index (κ1) is 17.0. The van der Waals surface area contributed by atoms with Crippen LogP contribution in [-0.2, 0) is 11.2 Å². The smallest absolute Gasteiger partial charge is 0.338 e. The maximum atomic E-state index is 12.2. The molecule has 2 aromatic carbocycles. The molecule has 0 spiro atoms. The van der Waals surface area contributed by atoms with Gasteiger partial charge in [0.2, 0.25) is 6.79 Å². The molecule has 0 atom stereocenters. The number of ether oxygens (including phenoxy) is 3. The lowest BCUT2D eigenvalue weighted by Crippen LogP contribution is -2.14. The van der Waals surface area contributed by atoms with Gasteiger partial charge in [0, 0.05) is 5.56 Å². The van der Waals surface area contributed by atoms with Crippen LogP contribution in [-0.4, -0.2) is 25.2 Å². The van der Waals surface area contributed by atoms with Crippen molar-refractivity contribution in [2.24, 2.45) is 5.92 Å². The van der Waals surface area contributed by atoms with Crippen LogP contribution >= 0.6 is 0 Å². The van der Waals surface area contributed by atoms with E-state index in [4.69, 9.17) is 14.2 Å². The highest BCUT2D eigenvalue weighted by molar-refractivity contribution is 5.99. The largest absolute Gasteiger partial charge is 0.454 e. The molecule has 3 rings (SSSR count). The molecular formula is C20H20O5. The first-order valence-electron chi connectivity index (χ1n) is 8.22. The fourth-order valence-electron chi connectivity index (χ4n) is 2.62. The average Bonchev–Trinajstić information content (AvgIpc) is 3.07. The summed E-state index contributed by atoms with van der Waals surface area (Å²) in [6.07, 6.45) is 0.956. The van der Waals surface area contributed by atoms with Gasteiger partial charge in [-0.3, -0.25) is 4.79 Å². The summed E-state index contributed by atoms with van der Waals surface area (Å²) in [7, 11) is 0. The second kappa shape index (κ2) is 7.38. The fourth-order valence-corrected chi connectivity index (χ4v) is 2.62. The second-order valence-electron chi connectivity index (χ2n) is 6.36. The van der Waals surface area contributed by atoms with Crippen molar-refractivity contribution in [1.29, 1.82) is 0 Å². The Bertz CT molecular complexity index is 777. The van der Waals surface area contributed by atoms with E-state index in [1.165, 1.54) is 5.56 Å². The number of rotatable bonds is 6. The van der Waals surface area contributed by atoms with Gasteiger partial charge in [-0.25, -0.2) is 4.79 Å². The number of carbonyl (C=O) groups is 2. The third kappa shape index (κ3) is 4.18. The lowest BCUT2D eigenvalue weighted by Gasteiger charge is -2.07. The van der Waals surface area contributed by atoms with Gasteiger partial charge in [0.1, 0.15) is 0 Å². The van der Waals surface area contributed by atoms with Crippen LogP contribution in [0.15, 0.2) is 42.5 Å². The van der Waals surface area contributed by atoms with E-state index < -0.39 is 5.97 Å². The van der Waals surface area contributed by atoms with Gasteiger partial charge in [-0.2, -0.15) is 0 Å². The van der Waals surface area contributed by atoms with Crippen molar-refractivity contribution < 1.29 is 23.8 Å². The molecule has 0 N–H and O–H groups in total. The molecule has 0 unspecified atom stereocenters. The maximum Gasteiger partial charge on any atom is 0.338 e. The SMILES string of the molecule is CC(C)Cc1ccc(C(=O)OCC(=O)c2ccc3c(c2)OCO3)cc1. The van der Waals surface area contributed by atoms with E-state index in [-0.39, 0.29) is 19.2 Å². The summed E-state index contributed by atoms with van der Waals surface area (Å²) < 4.78 is 15.6. The van der Waals surface area contributed by atoms with Gasteiger partial charge in [-0.15, -0.1) is 0 Å². The van der Waals surface area contributed by atoms with E-state index in [2.05, 4.69) is 13.8 Å². The Hall–Kier alpha value is -2.82. The lowest BCUT2D eigenvalue weighted by atomic mass is 10.0. The molecule has 5 heteroatoms. The normalized spacial score (nSPS) is 12.3. The van der Waals surface area contributed by atoms with Crippen molar-refractivity contribution in [3.8, 4) is 11.5 Å². The van der Waals surface area contributed by atoms with E-state index in [9.17, 15) is 9.59 Å². The van der Waals surface area contributed by atoms with Crippen LogP contribution in [0.4, 0.5) is 0 Å². The van der Waals surface area contributed by atoms with Gasteiger partial charge in [0.25, 0.3) is 0 Å². The minimum absolute atomic E-state index is 0.148. The number of carbonyl (C=O) groups excluding carboxylic acids is 2. The van der Waals surface area contributed by atoms with Crippen LogP contribution in [0.2, 0.25) is 0 Å². The van der Waals surface area contributed by atoms with E-state index >= 15 is 0 Å². The molecule has 0 bridgehead atoms. The first-order chi connectivity index (χ1) is 12.0. The third-order valence-electron chi connectivity index (χ3n) is 3.86. The van der Waals surface area contributed by atoms with Crippen molar-refractivity contribution in [3.63, 3.8) is 0 Å². The molecule has 5 nitrogen and oxygen atoms in total. The van der Waals surface area contributed by atoms with Crippen LogP contribution in [0.3, 0.4) is 0 Å². The molecule has 1 aliphatic heterocycles. The van der Waals surface area contributed by atoms with Crippen LogP contribution in [0.1, 0.15) is 40.1 Å².